The normalized spacial score (nSPS) is 11.6. The highest BCUT2D eigenvalue weighted by molar-refractivity contribution is 5.79. The van der Waals surface area contributed by atoms with E-state index in [9.17, 15) is 0 Å². The number of aliphatic imine (C=N–C) groups is 1. The lowest BCUT2D eigenvalue weighted by atomic mass is 10.2. The van der Waals surface area contributed by atoms with Crippen LogP contribution in [0.15, 0.2) is 35.3 Å². The summed E-state index contributed by atoms with van der Waals surface area (Å²) in [6.07, 6.45) is 0.972. The third-order valence-electron chi connectivity index (χ3n) is 3.21. The molecule has 0 fully saturated rings. The van der Waals surface area contributed by atoms with Crippen molar-refractivity contribution in [1.82, 2.24) is 10.2 Å². The summed E-state index contributed by atoms with van der Waals surface area (Å²) < 4.78 is 11.3. The quantitative estimate of drug-likeness (QED) is 0.409. The van der Waals surface area contributed by atoms with Crippen molar-refractivity contribution < 1.29 is 9.47 Å². The van der Waals surface area contributed by atoms with Gasteiger partial charge in [-0.2, -0.15) is 0 Å². The van der Waals surface area contributed by atoms with Crippen LogP contribution in [-0.4, -0.2) is 57.9 Å². The highest BCUT2D eigenvalue weighted by Gasteiger charge is 2.05. The number of nitrogens with zero attached hydrogens (tertiary/aromatic N) is 2. The molecule has 1 aromatic carbocycles. The molecule has 0 aliphatic heterocycles. The number of nitrogens with one attached hydrogen (secondary N) is 1. The smallest absolute Gasteiger partial charge is 0.193 e. The minimum Gasteiger partial charge on any atom is -0.492 e. The van der Waals surface area contributed by atoms with Crippen molar-refractivity contribution in [3.8, 4) is 5.75 Å². The predicted molar refractivity (Wildman–Crippen MR) is 96.2 cm³/mol. The van der Waals surface area contributed by atoms with Crippen molar-refractivity contribution in [1.29, 1.82) is 0 Å². The van der Waals surface area contributed by atoms with Crippen molar-refractivity contribution in [2.45, 2.75) is 20.3 Å². The highest BCUT2D eigenvalue weighted by Crippen LogP contribution is 2.07. The highest BCUT2D eigenvalue weighted by atomic mass is 16.5. The van der Waals surface area contributed by atoms with E-state index in [-0.39, 0.29) is 0 Å². The van der Waals surface area contributed by atoms with Gasteiger partial charge in [0.25, 0.3) is 0 Å². The number of hydrogen-bond acceptors (Lipinski definition) is 3. The fourth-order valence-corrected chi connectivity index (χ4v) is 2.00. The molecular weight excluding hydrogens is 290 g/mol. The molecule has 0 amide bonds. The van der Waals surface area contributed by atoms with E-state index in [1.165, 1.54) is 0 Å². The summed E-state index contributed by atoms with van der Waals surface area (Å²) in [5.41, 5.74) is 0. The zero-order valence-corrected chi connectivity index (χ0v) is 14.9. The molecule has 0 saturated carbocycles. The third-order valence-corrected chi connectivity index (χ3v) is 3.21. The molecule has 0 radical (unpaired) electrons. The standard InChI is InChI=1S/C18H31N3O2/c1-16(2)15-22-13-8-11-20-18(19-3)21(4)12-14-23-17-9-6-5-7-10-17/h5-7,9-10,16H,8,11-15H2,1-4H3,(H,19,20). The van der Waals surface area contributed by atoms with Gasteiger partial charge < -0.3 is 19.7 Å². The molecule has 1 aromatic rings. The van der Waals surface area contributed by atoms with Crippen LogP contribution in [0.5, 0.6) is 5.75 Å². The molecule has 0 atom stereocenters. The Labute approximate surface area is 140 Å². The van der Waals surface area contributed by atoms with Crippen molar-refractivity contribution >= 4 is 5.96 Å². The van der Waals surface area contributed by atoms with E-state index in [2.05, 4.69) is 29.1 Å². The summed E-state index contributed by atoms with van der Waals surface area (Å²) in [5.74, 6) is 2.36. The third kappa shape index (κ3) is 9.08. The van der Waals surface area contributed by atoms with Gasteiger partial charge in [-0.15, -0.1) is 0 Å². The monoisotopic (exact) mass is 321 g/mol. The largest absolute Gasteiger partial charge is 0.492 e. The molecule has 0 spiro atoms. The average Bonchev–Trinajstić information content (AvgIpc) is 2.55. The molecule has 130 valence electrons. The Morgan fingerprint density at radius 3 is 2.61 bits per heavy atom. The summed E-state index contributed by atoms with van der Waals surface area (Å²) in [5, 5.41) is 3.35. The molecule has 0 aromatic heterocycles. The zero-order chi connectivity index (χ0) is 16.9. The number of likely N-dealkylation sites (N-methyl/N-ethyl adjacent to an activating group) is 1. The maximum absolute atomic E-state index is 5.71. The van der Waals surface area contributed by atoms with Gasteiger partial charge in [-0.05, 0) is 24.5 Å². The molecule has 5 heteroatoms. The maximum atomic E-state index is 5.71. The molecule has 0 heterocycles. The molecule has 0 bridgehead atoms. The molecule has 0 aliphatic rings. The summed E-state index contributed by atoms with van der Waals surface area (Å²) in [6, 6.07) is 9.85. The second kappa shape index (κ2) is 11.8. The molecule has 5 nitrogen and oxygen atoms in total. The van der Waals surface area contributed by atoms with E-state index in [0.29, 0.717) is 12.5 Å². The van der Waals surface area contributed by atoms with Crippen LogP contribution in [0.2, 0.25) is 0 Å². The van der Waals surface area contributed by atoms with E-state index < -0.39 is 0 Å². The molecule has 0 unspecified atom stereocenters. The molecular formula is C18H31N3O2. The lowest BCUT2D eigenvalue weighted by Crippen LogP contribution is -2.41. The zero-order valence-electron chi connectivity index (χ0n) is 14.9. The fraction of sp³-hybridized carbons (Fsp3) is 0.611. The van der Waals surface area contributed by atoms with Crippen LogP contribution in [0.3, 0.4) is 0 Å². The number of para-hydroxylation sites is 1. The molecule has 1 rings (SSSR count). The Hall–Kier alpha value is -1.75. The summed E-state index contributed by atoms with van der Waals surface area (Å²) in [4.78, 5) is 6.36. The number of benzene rings is 1. The lowest BCUT2D eigenvalue weighted by molar-refractivity contribution is 0.108. The Bertz CT molecular complexity index is 435. The van der Waals surface area contributed by atoms with Gasteiger partial charge in [0.15, 0.2) is 5.96 Å². The van der Waals surface area contributed by atoms with Crippen LogP contribution >= 0.6 is 0 Å². The van der Waals surface area contributed by atoms with Crippen LogP contribution in [0.25, 0.3) is 0 Å². The molecule has 1 N–H and O–H groups in total. The summed E-state index contributed by atoms with van der Waals surface area (Å²) in [7, 11) is 3.81. The lowest BCUT2D eigenvalue weighted by Gasteiger charge is -2.22. The number of guanidine groups is 1. The molecule has 23 heavy (non-hydrogen) atoms. The summed E-state index contributed by atoms with van der Waals surface area (Å²) >= 11 is 0. The van der Waals surface area contributed by atoms with Crippen molar-refractivity contribution in [2.75, 3.05) is 47.0 Å². The number of ether oxygens (including phenoxy) is 2. The van der Waals surface area contributed by atoms with E-state index in [0.717, 1.165) is 44.4 Å². The van der Waals surface area contributed by atoms with Crippen molar-refractivity contribution in [3.63, 3.8) is 0 Å². The van der Waals surface area contributed by atoms with Crippen LogP contribution < -0.4 is 10.1 Å². The van der Waals surface area contributed by atoms with E-state index in [1.54, 1.807) is 7.05 Å². The second-order valence-electron chi connectivity index (χ2n) is 5.88. The first-order valence-electron chi connectivity index (χ1n) is 8.31. The van der Waals surface area contributed by atoms with Crippen LogP contribution in [0.4, 0.5) is 0 Å². The minimum atomic E-state index is 0.589. The predicted octanol–water partition coefficient (Wildman–Crippen LogP) is 2.64. The van der Waals surface area contributed by atoms with E-state index in [1.807, 2.05) is 37.4 Å². The van der Waals surface area contributed by atoms with E-state index in [4.69, 9.17) is 9.47 Å². The first kappa shape index (κ1) is 19.3. The molecule has 0 saturated heterocycles. The number of hydrogen-bond donors (Lipinski definition) is 1. The first-order chi connectivity index (χ1) is 11.1. The van der Waals surface area contributed by atoms with Gasteiger partial charge in [-0.25, -0.2) is 0 Å². The van der Waals surface area contributed by atoms with Gasteiger partial charge in [0.05, 0.1) is 6.54 Å². The van der Waals surface area contributed by atoms with Gasteiger partial charge in [-0.3, -0.25) is 4.99 Å². The summed E-state index contributed by atoms with van der Waals surface area (Å²) in [6.45, 7) is 8.18. The topological polar surface area (TPSA) is 46.1 Å². The first-order valence-corrected chi connectivity index (χ1v) is 8.31. The number of rotatable bonds is 10. The van der Waals surface area contributed by atoms with Gasteiger partial charge in [0, 0.05) is 33.9 Å². The van der Waals surface area contributed by atoms with Crippen LogP contribution in [0, 0.1) is 5.92 Å². The Balaban J connectivity index is 2.15. The van der Waals surface area contributed by atoms with Gasteiger partial charge >= 0.3 is 0 Å². The van der Waals surface area contributed by atoms with Gasteiger partial charge in [-0.1, -0.05) is 32.0 Å². The van der Waals surface area contributed by atoms with Gasteiger partial charge in [0.2, 0.25) is 0 Å². The second-order valence-corrected chi connectivity index (χ2v) is 5.88. The maximum Gasteiger partial charge on any atom is 0.193 e. The SMILES string of the molecule is CN=C(NCCCOCC(C)C)N(C)CCOc1ccccc1. The van der Waals surface area contributed by atoms with Crippen LogP contribution in [-0.2, 0) is 4.74 Å². The average molecular weight is 321 g/mol. The fourth-order valence-electron chi connectivity index (χ4n) is 2.00. The van der Waals surface area contributed by atoms with Crippen molar-refractivity contribution in [3.05, 3.63) is 30.3 Å². The van der Waals surface area contributed by atoms with Crippen molar-refractivity contribution in [2.24, 2.45) is 10.9 Å². The van der Waals surface area contributed by atoms with E-state index >= 15 is 0 Å². The van der Waals surface area contributed by atoms with Gasteiger partial charge in [0.1, 0.15) is 12.4 Å². The Kier molecular flexibility index (Phi) is 9.87. The Morgan fingerprint density at radius 2 is 1.96 bits per heavy atom. The van der Waals surface area contributed by atoms with Crippen LogP contribution in [0.1, 0.15) is 20.3 Å². The minimum absolute atomic E-state index is 0.589. The molecule has 0 aliphatic carbocycles. The Morgan fingerprint density at radius 1 is 1.22 bits per heavy atom.